The largest absolute Gasteiger partial charge is 0.495 e. The van der Waals surface area contributed by atoms with E-state index in [1.807, 2.05) is 24.3 Å². The molecule has 0 aliphatic rings. The van der Waals surface area contributed by atoms with Crippen LogP contribution in [0.1, 0.15) is 43.4 Å². The van der Waals surface area contributed by atoms with E-state index in [1.54, 1.807) is 13.2 Å². The number of halogens is 1. The van der Waals surface area contributed by atoms with Gasteiger partial charge in [0, 0.05) is 40.2 Å². The molecule has 1 aromatic carbocycles. The number of nitrogens with two attached hydrogens (primary N) is 1. The number of methoxy groups -OCH3 is 1. The number of aromatic nitrogens is 2. The van der Waals surface area contributed by atoms with Crippen molar-refractivity contribution >= 4 is 28.3 Å². The first-order valence-electron chi connectivity index (χ1n) is 8.57. The van der Waals surface area contributed by atoms with Crippen molar-refractivity contribution in [2.24, 2.45) is 10.9 Å². The number of oxime groups is 1. The van der Waals surface area contributed by atoms with Crippen LogP contribution in [0.4, 0.5) is 0 Å². The first kappa shape index (κ1) is 19.0. The van der Waals surface area contributed by atoms with E-state index in [1.165, 1.54) is 0 Å². The number of amidine groups is 1. The zero-order valence-electron chi connectivity index (χ0n) is 15.8. The van der Waals surface area contributed by atoms with Gasteiger partial charge in [-0.15, -0.1) is 0 Å². The second-order valence-electron chi connectivity index (χ2n) is 7.44. The molecule has 0 spiro atoms. The third kappa shape index (κ3) is 3.71. The summed E-state index contributed by atoms with van der Waals surface area (Å²) in [5.74, 6) is 0.615. The Kier molecular flexibility index (Phi) is 5.02. The van der Waals surface area contributed by atoms with E-state index in [9.17, 15) is 0 Å². The highest BCUT2D eigenvalue weighted by Gasteiger charge is 2.24. The van der Waals surface area contributed by atoms with Crippen molar-refractivity contribution in [2.75, 3.05) is 7.11 Å². The van der Waals surface area contributed by atoms with Gasteiger partial charge in [0.15, 0.2) is 5.84 Å². The zero-order chi connectivity index (χ0) is 19.8. The number of hydrogen-bond acceptors (Lipinski definition) is 4. The quantitative estimate of drug-likeness (QED) is 0.271. The lowest BCUT2D eigenvalue weighted by molar-refractivity contribution is 0.318. The molecule has 4 N–H and O–H groups in total. The molecule has 2 aromatic heterocycles. The van der Waals surface area contributed by atoms with Gasteiger partial charge in [-0.2, -0.15) is 0 Å². The van der Waals surface area contributed by atoms with Gasteiger partial charge in [0.25, 0.3) is 0 Å². The maximum absolute atomic E-state index is 8.90. The molecule has 0 fully saturated rings. The number of hydrogen-bond donors (Lipinski definition) is 3. The van der Waals surface area contributed by atoms with E-state index >= 15 is 0 Å². The molecule has 0 amide bonds. The van der Waals surface area contributed by atoms with Gasteiger partial charge in [-0.1, -0.05) is 43.6 Å². The first-order chi connectivity index (χ1) is 12.7. The van der Waals surface area contributed by atoms with E-state index in [0.29, 0.717) is 22.9 Å². The predicted octanol–water partition coefficient (Wildman–Crippen LogP) is 4.21. The highest BCUT2D eigenvalue weighted by molar-refractivity contribution is 6.32. The van der Waals surface area contributed by atoms with Crippen molar-refractivity contribution < 1.29 is 9.94 Å². The Hall–Kier alpha value is -2.73. The molecule has 2 heterocycles. The third-order valence-corrected chi connectivity index (χ3v) is 4.76. The van der Waals surface area contributed by atoms with Crippen LogP contribution < -0.4 is 10.5 Å². The van der Waals surface area contributed by atoms with Crippen LogP contribution in [0.25, 0.3) is 10.9 Å². The van der Waals surface area contributed by atoms with Gasteiger partial charge in [-0.25, -0.2) is 4.98 Å². The van der Waals surface area contributed by atoms with Crippen molar-refractivity contribution in [2.45, 2.75) is 32.6 Å². The van der Waals surface area contributed by atoms with E-state index in [2.05, 4.69) is 35.9 Å². The van der Waals surface area contributed by atoms with Crippen molar-refractivity contribution in [1.29, 1.82) is 0 Å². The number of aromatic amines is 1. The molecule has 0 saturated carbocycles. The van der Waals surface area contributed by atoms with Crippen molar-refractivity contribution in [1.82, 2.24) is 9.97 Å². The van der Waals surface area contributed by atoms with Crippen LogP contribution in [-0.2, 0) is 11.8 Å². The number of fused-ring (bicyclic) bond motifs is 1. The fourth-order valence-electron chi connectivity index (χ4n) is 3.18. The van der Waals surface area contributed by atoms with Crippen LogP contribution in [0.3, 0.4) is 0 Å². The lowest BCUT2D eigenvalue weighted by Crippen LogP contribution is -2.17. The second-order valence-corrected chi connectivity index (χ2v) is 7.84. The van der Waals surface area contributed by atoms with Gasteiger partial charge >= 0.3 is 0 Å². The molecule has 3 aromatic rings. The Labute approximate surface area is 163 Å². The number of pyridine rings is 1. The monoisotopic (exact) mass is 386 g/mol. The maximum Gasteiger partial charge on any atom is 0.188 e. The summed E-state index contributed by atoms with van der Waals surface area (Å²) < 4.78 is 5.35. The molecule has 6 nitrogen and oxygen atoms in total. The number of benzene rings is 1. The maximum atomic E-state index is 8.90. The lowest BCUT2D eigenvalue weighted by atomic mass is 9.87. The van der Waals surface area contributed by atoms with Crippen LogP contribution >= 0.6 is 11.6 Å². The standard InChI is InChI=1S/C20H23ClN4O2/c1-20(2,3)18-13(8-11-6-5-7-15(23-11)19(22)25-26)12-9-14(21)17(27-4)10-16(12)24-18/h5-7,9-10,24,26H,8H2,1-4H3,(H2,22,25). The summed E-state index contributed by atoms with van der Waals surface area (Å²) in [5.41, 5.74) is 10.0. The minimum absolute atomic E-state index is 0.0143. The average Bonchev–Trinajstić information content (AvgIpc) is 2.98. The molecule has 3 rings (SSSR count). The van der Waals surface area contributed by atoms with Crippen LogP contribution in [0.5, 0.6) is 5.75 Å². The van der Waals surface area contributed by atoms with Gasteiger partial charge in [0.05, 0.1) is 12.1 Å². The summed E-state index contributed by atoms with van der Waals surface area (Å²) >= 11 is 6.37. The fraction of sp³-hybridized carbons (Fsp3) is 0.300. The normalized spacial score (nSPS) is 12.6. The number of H-pyrrole nitrogens is 1. The molecule has 27 heavy (non-hydrogen) atoms. The molecule has 0 atom stereocenters. The minimum Gasteiger partial charge on any atom is -0.495 e. The minimum atomic E-state index is -0.0999. The molecule has 0 saturated heterocycles. The summed E-state index contributed by atoms with van der Waals surface area (Å²) in [7, 11) is 1.60. The molecule has 0 aliphatic carbocycles. The summed E-state index contributed by atoms with van der Waals surface area (Å²) in [6.07, 6.45) is 0.585. The summed E-state index contributed by atoms with van der Waals surface area (Å²) in [6.45, 7) is 6.46. The molecule has 0 bridgehead atoms. The first-order valence-corrected chi connectivity index (χ1v) is 8.94. The summed E-state index contributed by atoms with van der Waals surface area (Å²) in [5, 5.41) is 13.5. The van der Waals surface area contributed by atoms with Crippen LogP contribution in [0, 0.1) is 0 Å². The number of nitrogens with zero attached hydrogens (tertiary/aromatic N) is 2. The highest BCUT2D eigenvalue weighted by Crippen LogP contribution is 2.37. The Balaban J connectivity index is 2.16. The van der Waals surface area contributed by atoms with Gasteiger partial charge in [-0.05, 0) is 23.8 Å². The summed E-state index contributed by atoms with van der Waals surface area (Å²) in [4.78, 5) is 8.04. The Bertz CT molecular complexity index is 1020. The SMILES string of the molecule is COc1cc2[nH]c(C(C)(C)C)c(Cc3cccc(C(N)=NO)n3)c2cc1Cl. The molecule has 0 radical (unpaired) electrons. The Morgan fingerprint density at radius 3 is 2.70 bits per heavy atom. The van der Waals surface area contributed by atoms with E-state index in [-0.39, 0.29) is 11.3 Å². The van der Waals surface area contributed by atoms with Gasteiger partial charge in [-0.3, -0.25) is 0 Å². The van der Waals surface area contributed by atoms with Gasteiger partial charge in [0.2, 0.25) is 0 Å². The molecule has 7 heteroatoms. The van der Waals surface area contributed by atoms with E-state index in [4.69, 9.17) is 27.3 Å². The second kappa shape index (κ2) is 7.12. The van der Waals surface area contributed by atoms with Crippen LogP contribution in [0.2, 0.25) is 5.02 Å². The van der Waals surface area contributed by atoms with Crippen molar-refractivity contribution in [3.05, 3.63) is 58.0 Å². The third-order valence-electron chi connectivity index (χ3n) is 4.46. The Morgan fingerprint density at radius 1 is 1.33 bits per heavy atom. The van der Waals surface area contributed by atoms with E-state index < -0.39 is 0 Å². The lowest BCUT2D eigenvalue weighted by Gasteiger charge is -2.19. The average molecular weight is 387 g/mol. The van der Waals surface area contributed by atoms with Crippen LogP contribution in [-0.4, -0.2) is 28.1 Å². The zero-order valence-corrected chi connectivity index (χ0v) is 16.6. The Morgan fingerprint density at radius 2 is 2.07 bits per heavy atom. The number of rotatable bonds is 4. The smallest absolute Gasteiger partial charge is 0.188 e. The number of nitrogens with one attached hydrogen (secondary N) is 1. The fourth-order valence-corrected chi connectivity index (χ4v) is 3.43. The van der Waals surface area contributed by atoms with Crippen LogP contribution in [0.15, 0.2) is 35.5 Å². The molecular weight excluding hydrogens is 364 g/mol. The highest BCUT2D eigenvalue weighted by atomic mass is 35.5. The molecule has 142 valence electrons. The van der Waals surface area contributed by atoms with Crippen molar-refractivity contribution in [3.63, 3.8) is 0 Å². The molecule has 0 unspecified atom stereocenters. The molecule has 0 aliphatic heterocycles. The summed E-state index contributed by atoms with van der Waals surface area (Å²) in [6, 6.07) is 9.31. The van der Waals surface area contributed by atoms with Gasteiger partial charge < -0.3 is 20.7 Å². The topological polar surface area (TPSA) is 96.5 Å². The van der Waals surface area contributed by atoms with E-state index in [0.717, 1.165) is 27.9 Å². The molecular formula is C20H23ClN4O2. The predicted molar refractivity (Wildman–Crippen MR) is 108 cm³/mol. The van der Waals surface area contributed by atoms with Crippen molar-refractivity contribution in [3.8, 4) is 5.75 Å². The number of ether oxygens (including phenoxy) is 1. The van der Waals surface area contributed by atoms with Gasteiger partial charge in [0.1, 0.15) is 11.4 Å².